The van der Waals surface area contributed by atoms with Gasteiger partial charge in [-0.15, -0.1) is 9.24 Å². The molecule has 1 unspecified atom stereocenters. The molecule has 0 saturated heterocycles. The van der Waals surface area contributed by atoms with Crippen molar-refractivity contribution in [3.8, 4) is 0 Å². The average Bonchev–Trinajstić information content (AvgIpc) is 1.95. The third-order valence-corrected chi connectivity index (χ3v) is 1.77. The molecule has 0 amide bonds. The highest BCUT2D eigenvalue weighted by molar-refractivity contribution is 7.27. The molecule has 0 aliphatic heterocycles. The van der Waals surface area contributed by atoms with Crippen LogP contribution in [-0.2, 0) is 6.42 Å². The van der Waals surface area contributed by atoms with Crippen molar-refractivity contribution in [3.05, 3.63) is 29.8 Å². The topological polar surface area (TPSA) is 20.2 Å². The van der Waals surface area contributed by atoms with Crippen molar-refractivity contribution in [3.63, 3.8) is 0 Å². The minimum atomic E-state index is 0.232. The molecule has 0 bridgehead atoms. The smallest absolute Gasteiger partial charge is 0.0471 e. The van der Waals surface area contributed by atoms with Gasteiger partial charge in [0, 0.05) is 6.61 Å². The molecule has 0 spiro atoms. The molecule has 0 heterocycles. The van der Waals surface area contributed by atoms with Gasteiger partial charge in [0.25, 0.3) is 0 Å². The van der Waals surface area contributed by atoms with Crippen molar-refractivity contribution in [1.82, 2.24) is 0 Å². The summed E-state index contributed by atoms with van der Waals surface area (Å²) in [5.74, 6) is 0. The third kappa shape index (κ3) is 2.09. The molecule has 0 fully saturated rings. The lowest BCUT2D eigenvalue weighted by molar-refractivity contribution is 0.299. The second-order valence-electron chi connectivity index (χ2n) is 2.22. The van der Waals surface area contributed by atoms with E-state index in [-0.39, 0.29) is 6.61 Å². The normalized spacial score (nSPS) is 9.80. The molecule has 0 aromatic heterocycles. The number of hydrogen-bond acceptors (Lipinski definition) is 1. The first-order chi connectivity index (χ1) is 4.83. The zero-order valence-corrected chi connectivity index (χ0v) is 6.90. The molecule has 0 radical (unpaired) electrons. The van der Waals surface area contributed by atoms with E-state index in [1.165, 1.54) is 10.9 Å². The summed E-state index contributed by atoms with van der Waals surface area (Å²) in [6.07, 6.45) is 0.755. The van der Waals surface area contributed by atoms with Crippen molar-refractivity contribution in [2.24, 2.45) is 0 Å². The maximum atomic E-state index is 8.58. The van der Waals surface area contributed by atoms with Crippen molar-refractivity contribution < 1.29 is 5.11 Å². The molecule has 0 aliphatic rings. The van der Waals surface area contributed by atoms with Crippen LogP contribution in [0.25, 0.3) is 0 Å². The van der Waals surface area contributed by atoms with Crippen LogP contribution in [0.3, 0.4) is 0 Å². The lowest BCUT2D eigenvalue weighted by Gasteiger charge is -1.96. The van der Waals surface area contributed by atoms with E-state index in [1.807, 2.05) is 24.3 Å². The summed E-state index contributed by atoms with van der Waals surface area (Å²) in [4.78, 5) is 0. The van der Waals surface area contributed by atoms with Gasteiger partial charge < -0.3 is 5.11 Å². The van der Waals surface area contributed by atoms with Crippen LogP contribution in [0.2, 0.25) is 0 Å². The minimum Gasteiger partial charge on any atom is -0.396 e. The van der Waals surface area contributed by atoms with Crippen molar-refractivity contribution >= 4 is 14.5 Å². The van der Waals surface area contributed by atoms with Crippen molar-refractivity contribution in [2.45, 2.75) is 6.42 Å². The fraction of sp³-hybridized carbons (Fsp3) is 0.250. The predicted octanol–water partition coefficient (Wildman–Crippen LogP) is 0.722. The molecule has 0 saturated carbocycles. The molecule has 1 nitrogen and oxygen atoms in total. The molecule has 1 N–H and O–H groups in total. The first kappa shape index (κ1) is 7.71. The Morgan fingerprint density at radius 3 is 2.30 bits per heavy atom. The summed E-state index contributed by atoms with van der Waals surface area (Å²) in [6.45, 7) is 0.232. The Morgan fingerprint density at radius 1 is 1.20 bits per heavy atom. The molecule has 1 aromatic carbocycles. The Bertz CT molecular complexity index is 193. The molecular weight excluding hydrogens is 143 g/mol. The first-order valence-corrected chi connectivity index (χ1v) is 3.86. The number of aliphatic hydroxyl groups is 1. The van der Waals surface area contributed by atoms with Gasteiger partial charge in [0.1, 0.15) is 0 Å². The molecule has 54 valence electrons. The maximum absolute atomic E-state index is 8.58. The summed E-state index contributed by atoms with van der Waals surface area (Å²) >= 11 is 0. The number of rotatable bonds is 2. The molecule has 10 heavy (non-hydrogen) atoms. The van der Waals surface area contributed by atoms with Crippen LogP contribution in [0.15, 0.2) is 24.3 Å². The van der Waals surface area contributed by atoms with Gasteiger partial charge in [0.15, 0.2) is 0 Å². The van der Waals surface area contributed by atoms with Crippen molar-refractivity contribution in [2.75, 3.05) is 6.61 Å². The van der Waals surface area contributed by atoms with Crippen LogP contribution < -0.4 is 5.30 Å². The Labute approximate surface area is 63.3 Å². The van der Waals surface area contributed by atoms with Gasteiger partial charge in [-0.3, -0.25) is 0 Å². The Hall–Kier alpha value is -0.390. The monoisotopic (exact) mass is 154 g/mol. The van der Waals surface area contributed by atoms with Crippen LogP contribution in [0.4, 0.5) is 0 Å². The lowest BCUT2D eigenvalue weighted by Crippen LogP contribution is -1.93. The summed E-state index contributed by atoms with van der Waals surface area (Å²) < 4.78 is 0. The summed E-state index contributed by atoms with van der Waals surface area (Å²) in [7, 11) is 2.63. The first-order valence-electron chi connectivity index (χ1n) is 3.28. The van der Waals surface area contributed by atoms with Gasteiger partial charge in [-0.1, -0.05) is 24.3 Å². The van der Waals surface area contributed by atoms with Crippen LogP contribution in [0.5, 0.6) is 0 Å². The standard InChI is InChI=1S/C8H11OP/c9-6-5-7-1-3-8(10)4-2-7/h1-4,9H,5-6,10H2. The lowest BCUT2D eigenvalue weighted by atomic mass is 10.2. The minimum absolute atomic E-state index is 0.232. The van der Waals surface area contributed by atoms with E-state index >= 15 is 0 Å². The zero-order valence-electron chi connectivity index (χ0n) is 5.75. The van der Waals surface area contributed by atoms with E-state index in [2.05, 4.69) is 9.24 Å². The van der Waals surface area contributed by atoms with Gasteiger partial charge >= 0.3 is 0 Å². The van der Waals surface area contributed by atoms with Crippen LogP contribution in [-0.4, -0.2) is 11.7 Å². The molecule has 0 aliphatic carbocycles. The highest BCUT2D eigenvalue weighted by Crippen LogP contribution is 1.98. The number of aliphatic hydroxyl groups excluding tert-OH is 1. The van der Waals surface area contributed by atoms with E-state index < -0.39 is 0 Å². The van der Waals surface area contributed by atoms with Gasteiger partial charge in [-0.05, 0) is 17.3 Å². The van der Waals surface area contributed by atoms with E-state index in [0.717, 1.165) is 6.42 Å². The maximum Gasteiger partial charge on any atom is 0.0471 e. The van der Waals surface area contributed by atoms with E-state index in [9.17, 15) is 0 Å². The van der Waals surface area contributed by atoms with Gasteiger partial charge in [-0.25, -0.2) is 0 Å². The van der Waals surface area contributed by atoms with E-state index in [0.29, 0.717) is 0 Å². The highest BCUT2D eigenvalue weighted by Gasteiger charge is 1.88. The van der Waals surface area contributed by atoms with Gasteiger partial charge in [0.2, 0.25) is 0 Å². The summed E-state index contributed by atoms with van der Waals surface area (Å²) in [5.41, 5.74) is 1.19. The van der Waals surface area contributed by atoms with Crippen LogP contribution >= 0.6 is 9.24 Å². The molecule has 1 aromatic rings. The number of hydrogen-bond donors (Lipinski definition) is 1. The summed E-state index contributed by atoms with van der Waals surface area (Å²) in [5, 5.41) is 9.77. The van der Waals surface area contributed by atoms with Crippen LogP contribution in [0, 0.1) is 0 Å². The zero-order chi connectivity index (χ0) is 7.40. The number of benzene rings is 1. The Kier molecular flexibility index (Phi) is 2.85. The van der Waals surface area contributed by atoms with E-state index in [4.69, 9.17) is 5.11 Å². The highest BCUT2D eigenvalue weighted by atomic mass is 31.0. The quantitative estimate of drug-likeness (QED) is 0.622. The molecule has 1 rings (SSSR count). The SMILES string of the molecule is OCCc1ccc(P)cc1. The van der Waals surface area contributed by atoms with E-state index in [1.54, 1.807) is 0 Å². The molecular formula is C8H11OP. The Balaban J connectivity index is 2.69. The third-order valence-electron chi connectivity index (χ3n) is 1.38. The Morgan fingerprint density at radius 2 is 1.80 bits per heavy atom. The second-order valence-corrected chi connectivity index (χ2v) is 2.88. The predicted molar refractivity (Wildman–Crippen MR) is 46.6 cm³/mol. The van der Waals surface area contributed by atoms with Crippen LogP contribution in [0.1, 0.15) is 5.56 Å². The largest absolute Gasteiger partial charge is 0.396 e. The molecule has 1 atom stereocenters. The summed E-state index contributed by atoms with van der Waals surface area (Å²) in [6, 6.07) is 8.10. The fourth-order valence-corrected chi connectivity index (χ4v) is 1.01. The van der Waals surface area contributed by atoms with Crippen molar-refractivity contribution in [1.29, 1.82) is 0 Å². The van der Waals surface area contributed by atoms with Gasteiger partial charge in [-0.2, -0.15) is 0 Å². The molecule has 2 heteroatoms. The fourth-order valence-electron chi connectivity index (χ4n) is 0.813. The average molecular weight is 154 g/mol. The van der Waals surface area contributed by atoms with Gasteiger partial charge in [0.05, 0.1) is 0 Å². The second kappa shape index (κ2) is 3.70.